The van der Waals surface area contributed by atoms with Crippen LogP contribution in [-0.4, -0.2) is 28.3 Å². The summed E-state index contributed by atoms with van der Waals surface area (Å²) in [6, 6.07) is 13.3. The number of carbonyl (C=O) groups excluding carboxylic acids is 1. The molecular formula is C28H28BrCl2N3O2. The molecular weight excluding hydrogens is 561 g/mol. The molecule has 4 saturated carbocycles. The van der Waals surface area contributed by atoms with Crippen LogP contribution in [0.5, 0.6) is 0 Å². The van der Waals surface area contributed by atoms with Crippen LogP contribution in [0.15, 0.2) is 46.9 Å². The van der Waals surface area contributed by atoms with E-state index in [4.69, 9.17) is 33.0 Å². The largest absolute Gasteiger partial charge is 0.380 e. The molecule has 0 spiro atoms. The lowest BCUT2D eigenvalue weighted by molar-refractivity contribution is -0.0168. The van der Waals surface area contributed by atoms with E-state index >= 15 is 0 Å². The minimum absolute atomic E-state index is 0.115. The van der Waals surface area contributed by atoms with Crippen LogP contribution in [0, 0.1) is 17.8 Å². The highest BCUT2D eigenvalue weighted by atomic mass is 79.9. The van der Waals surface area contributed by atoms with Crippen LogP contribution in [0.2, 0.25) is 10.0 Å². The lowest BCUT2D eigenvalue weighted by Crippen LogP contribution is -2.60. The number of benzene rings is 2. The van der Waals surface area contributed by atoms with Gasteiger partial charge in [-0.2, -0.15) is 5.10 Å². The molecule has 0 aliphatic heterocycles. The number of rotatable bonds is 6. The number of nitrogens with one attached hydrogen (secondary N) is 1. The second-order valence-corrected chi connectivity index (χ2v) is 12.5. The van der Waals surface area contributed by atoms with Gasteiger partial charge in [-0.3, -0.25) is 4.79 Å². The molecule has 0 radical (unpaired) electrons. The summed E-state index contributed by atoms with van der Waals surface area (Å²) in [6.45, 7) is 0.250. The third kappa shape index (κ3) is 4.40. The highest BCUT2D eigenvalue weighted by molar-refractivity contribution is 9.10. The van der Waals surface area contributed by atoms with E-state index in [-0.39, 0.29) is 18.1 Å². The first-order chi connectivity index (χ1) is 17.3. The summed E-state index contributed by atoms with van der Waals surface area (Å²) >= 11 is 16.3. The van der Waals surface area contributed by atoms with Crippen molar-refractivity contribution >= 4 is 45.0 Å². The number of methoxy groups -OCH3 is 1. The first-order valence-electron chi connectivity index (χ1n) is 12.5. The molecule has 1 heterocycles. The number of halogens is 3. The molecule has 0 unspecified atom stereocenters. The molecule has 0 saturated heterocycles. The molecule has 1 N–H and O–H groups in total. The van der Waals surface area contributed by atoms with Crippen molar-refractivity contribution < 1.29 is 9.53 Å². The van der Waals surface area contributed by atoms with Crippen molar-refractivity contribution in [3.8, 4) is 16.9 Å². The van der Waals surface area contributed by atoms with Crippen molar-refractivity contribution in [3.05, 3.63) is 68.2 Å². The summed E-state index contributed by atoms with van der Waals surface area (Å²) in [6.07, 6.45) is 7.19. The zero-order valence-corrected chi connectivity index (χ0v) is 23.2. The zero-order chi connectivity index (χ0) is 25.0. The molecule has 5 nitrogen and oxygen atoms in total. The Morgan fingerprint density at radius 3 is 2.31 bits per heavy atom. The molecule has 0 atom stereocenters. The lowest BCUT2D eigenvalue weighted by atomic mass is 9.53. The summed E-state index contributed by atoms with van der Waals surface area (Å²) in [7, 11) is 1.64. The van der Waals surface area contributed by atoms with Crippen molar-refractivity contribution in [2.24, 2.45) is 17.8 Å². The monoisotopic (exact) mass is 587 g/mol. The standard InChI is InChI=1S/C28H28BrCl2N3O2/c1-36-15-22-25(27(35)32-28-12-16-8-17(13-28)10-18(9-16)14-28)33-34(24-7-6-21(30)11-23(24)31)26(22)19-2-4-20(29)5-3-19/h2-7,11,16-18H,8-10,12-15H2,1H3,(H,32,35). The Morgan fingerprint density at radius 1 is 1.08 bits per heavy atom. The molecule has 4 aliphatic carbocycles. The van der Waals surface area contributed by atoms with Crippen LogP contribution < -0.4 is 5.32 Å². The van der Waals surface area contributed by atoms with E-state index in [9.17, 15) is 4.79 Å². The van der Waals surface area contributed by atoms with Gasteiger partial charge in [0.25, 0.3) is 5.91 Å². The Kier molecular flexibility index (Phi) is 6.43. The van der Waals surface area contributed by atoms with Crippen LogP contribution in [0.1, 0.15) is 54.6 Å². The molecule has 1 aromatic heterocycles. The summed E-state index contributed by atoms with van der Waals surface area (Å²) in [4.78, 5) is 13.9. The summed E-state index contributed by atoms with van der Waals surface area (Å²) < 4.78 is 8.32. The van der Waals surface area contributed by atoms with Gasteiger partial charge in [0.15, 0.2) is 5.69 Å². The Labute approximate surface area is 229 Å². The number of hydrogen-bond donors (Lipinski definition) is 1. The highest BCUT2D eigenvalue weighted by Gasteiger charge is 2.51. The van der Waals surface area contributed by atoms with Crippen LogP contribution in [0.4, 0.5) is 0 Å². The van der Waals surface area contributed by atoms with Gasteiger partial charge in [0.1, 0.15) is 0 Å². The minimum atomic E-state index is -0.133. The maximum atomic E-state index is 13.9. The molecule has 4 aliphatic rings. The van der Waals surface area contributed by atoms with E-state index in [0.29, 0.717) is 21.4 Å². The molecule has 4 bridgehead atoms. The maximum Gasteiger partial charge on any atom is 0.272 e. The lowest BCUT2D eigenvalue weighted by Gasteiger charge is -2.56. The average molecular weight is 589 g/mol. The van der Waals surface area contributed by atoms with E-state index in [2.05, 4.69) is 21.2 Å². The Bertz CT molecular complexity index is 1290. The van der Waals surface area contributed by atoms with Gasteiger partial charge < -0.3 is 10.1 Å². The molecule has 8 heteroatoms. The number of nitrogens with zero attached hydrogens (tertiary/aromatic N) is 2. The first-order valence-corrected chi connectivity index (χ1v) is 14.0. The highest BCUT2D eigenvalue weighted by Crippen LogP contribution is 2.55. The van der Waals surface area contributed by atoms with Crippen LogP contribution >= 0.6 is 39.1 Å². The third-order valence-corrected chi connectivity index (χ3v) is 9.23. The van der Waals surface area contributed by atoms with Gasteiger partial charge >= 0.3 is 0 Å². The normalized spacial score (nSPS) is 26.4. The second-order valence-electron chi connectivity index (χ2n) is 10.8. The summed E-state index contributed by atoms with van der Waals surface area (Å²) in [5.74, 6) is 2.07. The van der Waals surface area contributed by atoms with E-state index in [0.717, 1.165) is 58.3 Å². The van der Waals surface area contributed by atoms with E-state index in [1.54, 1.807) is 23.9 Å². The predicted octanol–water partition coefficient (Wildman–Crippen LogP) is 7.45. The topological polar surface area (TPSA) is 56.1 Å². The van der Waals surface area contributed by atoms with Gasteiger partial charge in [-0.1, -0.05) is 51.3 Å². The van der Waals surface area contributed by atoms with Gasteiger partial charge in [0.05, 0.1) is 23.0 Å². The van der Waals surface area contributed by atoms with Gasteiger partial charge in [-0.15, -0.1) is 0 Å². The first kappa shape index (κ1) is 24.5. The van der Waals surface area contributed by atoms with E-state index in [1.165, 1.54) is 19.3 Å². The Hall–Kier alpha value is -1.86. The Balaban J connectivity index is 1.46. The van der Waals surface area contributed by atoms with E-state index in [1.807, 2.05) is 30.3 Å². The molecule has 1 amide bonds. The van der Waals surface area contributed by atoms with E-state index < -0.39 is 0 Å². The quantitative estimate of drug-likeness (QED) is 0.325. The van der Waals surface area contributed by atoms with Gasteiger partial charge in [-0.25, -0.2) is 4.68 Å². The van der Waals surface area contributed by atoms with Crippen LogP contribution in [0.3, 0.4) is 0 Å². The second kappa shape index (κ2) is 9.46. The molecule has 4 fully saturated rings. The Morgan fingerprint density at radius 2 is 1.72 bits per heavy atom. The SMILES string of the molecule is COCc1c(C(=O)NC23CC4CC(CC(C4)C2)C3)nn(-c2ccc(Cl)cc2Cl)c1-c1ccc(Br)cc1. The molecule has 3 aromatic rings. The number of ether oxygens (including phenoxy) is 1. The third-order valence-electron chi connectivity index (χ3n) is 8.16. The number of carbonyl (C=O) groups is 1. The van der Waals surface area contributed by atoms with Crippen LogP contribution in [0.25, 0.3) is 16.9 Å². The van der Waals surface area contributed by atoms with Gasteiger partial charge in [-0.05, 0) is 86.6 Å². The fraction of sp³-hybridized carbons (Fsp3) is 0.429. The number of hydrogen-bond acceptors (Lipinski definition) is 3. The maximum absolute atomic E-state index is 13.9. The fourth-order valence-corrected chi connectivity index (χ4v) is 7.96. The van der Waals surface area contributed by atoms with Gasteiger partial charge in [0, 0.05) is 33.3 Å². The van der Waals surface area contributed by atoms with Gasteiger partial charge in [0.2, 0.25) is 0 Å². The van der Waals surface area contributed by atoms with Crippen molar-refractivity contribution in [3.63, 3.8) is 0 Å². The molecule has 188 valence electrons. The van der Waals surface area contributed by atoms with Crippen molar-refractivity contribution in [1.82, 2.24) is 15.1 Å². The van der Waals surface area contributed by atoms with Crippen molar-refractivity contribution in [2.75, 3.05) is 7.11 Å². The molecule has 2 aromatic carbocycles. The zero-order valence-electron chi connectivity index (χ0n) is 20.1. The molecule has 36 heavy (non-hydrogen) atoms. The summed E-state index contributed by atoms with van der Waals surface area (Å²) in [5.41, 5.74) is 3.37. The molecule has 7 rings (SSSR count). The number of aromatic nitrogens is 2. The average Bonchev–Trinajstić information content (AvgIpc) is 3.18. The predicted molar refractivity (Wildman–Crippen MR) is 146 cm³/mol. The van der Waals surface area contributed by atoms with Crippen LogP contribution in [-0.2, 0) is 11.3 Å². The minimum Gasteiger partial charge on any atom is -0.380 e. The summed E-state index contributed by atoms with van der Waals surface area (Å²) in [5, 5.41) is 9.35. The fourth-order valence-electron chi connectivity index (χ4n) is 7.21. The smallest absolute Gasteiger partial charge is 0.272 e. The van der Waals surface area contributed by atoms with Crippen molar-refractivity contribution in [1.29, 1.82) is 0 Å². The van der Waals surface area contributed by atoms with Crippen molar-refractivity contribution in [2.45, 2.75) is 50.7 Å². The number of amides is 1.